The van der Waals surface area contributed by atoms with E-state index >= 15 is 0 Å². The summed E-state index contributed by atoms with van der Waals surface area (Å²) in [6.07, 6.45) is 3.69. The molecule has 0 bridgehead atoms. The van der Waals surface area contributed by atoms with Crippen molar-refractivity contribution in [3.05, 3.63) is 78.1 Å². The number of nitrogens with zero attached hydrogens (tertiary/aromatic N) is 3. The SMILES string of the molecule is CCOc1ccccc1-c1ccc(-c2nc3cnccc3c(C[C@H](C)C(N)=O)c2C#N)cc1. The second-order valence-electron chi connectivity index (χ2n) is 7.83. The van der Waals surface area contributed by atoms with Crippen molar-refractivity contribution in [2.75, 3.05) is 6.61 Å². The number of benzene rings is 2. The number of hydrogen-bond donors (Lipinski definition) is 1. The number of pyridine rings is 2. The van der Waals surface area contributed by atoms with Gasteiger partial charge in [0.2, 0.25) is 5.91 Å². The molecule has 0 saturated heterocycles. The van der Waals surface area contributed by atoms with Crippen molar-refractivity contribution in [2.45, 2.75) is 20.3 Å². The highest BCUT2D eigenvalue weighted by Crippen LogP contribution is 2.34. The number of nitriles is 1. The van der Waals surface area contributed by atoms with E-state index in [9.17, 15) is 10.1 Å². The zero-order valence-electron chi connectivity index (χ0n) is 18.6. The van der Waals surface area contributed by atoms with Crippen molar-refractivity contribution in [3.63, 3.8) is 0 Å². The van der Waals surface area contributed by atoms with Gasteiger partial charge in [-0.2, -0.15) is 5.26 Å². The Bertz CT molecular complexity index is 1360. The molecule has 0 aliphatic rings. The highest BCUT2D eigenvalue weighted by Gasteiger charge is 2.20. The summed E-state index contributed by atoms with van der Waals surface area (Å²) < 4.78 is 5.76. The lowest BCUT2D eigenvalue weighted by Crippen LogP contribution is -2.23. The van der Waals surface area contributed by atoms with Gasteiger partial charge in [-0.25, -0.2) is 4.98 Å². The first-order chi connectivity index (χ1) is 16.0. The summed E-state index contributed by atoms with van der Waals surface area (Å²) >= 11 is 0. The minimum absolute atomic E-state index is 0.355. The number of nitrogens with two attached hydrogens (primary N) is 1. The molecule has 6 heteroatoms. The molecule has 164 valence electrons. The largest absolute Gasteiger partial charge is 0.493 e. The number of fused-ring (bicyclic) bond motifs is 1. The van der Waals surface area contributed by atoms with Crippen LogP contribution < -0.4 is 10.5 Å². The lowest BCUT2D eigenvalue weighted by atomic mass is 9.91. The Balaban J connectivity index is 1.83. The molecule has 0 spiro atoms. The zero-order valence-corrected chi connectivity index (χ0v) is 18.6. The van der Waals surface area contributed by atoms with Crippen LogP contribution in [0, 0.1) is 17.2 Å². The van der Waals surface area contributed by atoms with Crippen LogP contribution in [-0.2, 0) is 11.2 Å². The summed E-state index contributed by atoms with van der Waals surface area (Å²) in [6.45, 7) is 4.31. The Morgan fingerprint density at radius 2 is 1.85 bits per heavy atom. The number of carbonyl (C=O) groups excluding carboxylic acids is 1. The molecule has 2 N–H and O–H groups in total. The quantitative estimate of drug-likeness (QED) is 0.444. The predicted molar refractivity (Wildman–Crippen MR) is 128 cm³/mol. The molecule has 2 aromatic carbocycles. The average Bonchev–Trinajstić information content (AvgIpc) is 2.84. The van der Waals surface area contributed by atoms with Crippen LogP contribution in [0.25, 0.3) is 33.3 Å². The van der Waals surface area contributed by atoms with Gasteiger partial charge in [-0.05, 0) is 36.6 Å². The van der Waals surface area contributed by atoms with Gasteiger partial charge in [-0.1, -0.05) is 49.4 Å². The van der Waals surface area contributed by atoms with E-state index in [0.717, 1.165) is 33.4 Å². The summed E-state index contributed by atoms with van der Waals surface area (Å²) in [5.74, 6) is 0.000951. The number of rotatable bonds is 7. The third-order valence-corrected chi connectivity index (χ3v) is 5.66. The van der Waals surface area contributed by atoms with Crippen LogP contribution >= 0.6 is 0 Å². The van der Waals surface area contributed by atoms with Gasteiger partial charge >= 0.3 is 0 Å². The minimum atomic E-state index is -0.416. The van der Waals surface area contributed by atoms with Gasteiger partial charge in [-0.15, -0.1) is 0 Å². The van der Waals surface area contributed by atoms with Crippen LogP contribution in [0.2, 0.25) is 0 Å². The van der Waals surface area contributed by atoms with Crippen molar-refractivity contribution in [3.8, 4) is 34.2 Å². The summed E-state index contributed by atoms with van der Waals surface area (Å²) in [4.78, 5) is 20.7. The molecule has 2 heterocycles. The lowest BCUT2D eigenvalue weighted by Gasteiger charge is -2.15. The number of amides is 1. The molecule has 1 amide bonds. The Kier molecular flexibility index (Phi) is 6.32. The van der Waals surface area contributed by atoms with E-state index in [0.29, 0.717) is 29.8 Å². The Hall–Kier alpha value is -4.24. The topological polar surface area (TPSA) is 102 Å². The Labute approximate surface area is 192 Å². The molecule has 1 atom stereocenters. The molecule has 6 nitrogen and oxygen atoms in total. The van der Waals surface area contributed by atoms with Gasteiger partial charge in [0.1, 0.15) is 11.8 Å². The van der Waals surface area contributed by atoms with Crippen molar-refractivity contribution in [1.82, 2.24) is 9.97 Å². The summed E-state index contributed by atoms with van der Waals surface area (Å²) in [7, 11) is 0. The maximum absolute atomic E-state index is 11.7. The maximum Gasteiger partial charge on any atom is 0.220 e. The average molecular weight is 437 g/mol. The first-order valence-corrected chi connectivity index (χ1v) is 10.8. The Morgan fingerprint density at radius 1 is 1.12 bits per heavy atom. The van der Waals surface area contributed by atoms with Crippen molar-refractivity contribution in [2.24, 2.45) is 11.7 Å². The zero-order chi connectivity index (χ0) is 23.4. The van der Waals surface area contributed by atoms with Crippen LogP contribution in [0.15, 0.2) is 67.0 Å². The first kappa shape index (κ1) is 22.0. The van der Waals surface area contributed by atoms with Gasteiger partial charge in [0.25, 0.3) is 0 Å². The van der Waals surface area contributed by atoms with Crippen LogP contribution in [-0.4, -0.2) is 22.5 Å². The van der Waals surface area contributed by atoms with Gasteiger partial charge < -0.3 is 10.5 Å². The third-order valence-electron chi connectivity index (χ3n) is 5.66. The van der Waals surface area contributed by atoms with E-state index in [1.54, 1.807) is 19.3 Å². The fraction of sp³-hybridized carbons (Fsp3) is 0.185. The standard InChI is InChI=1S/C27H24N4O2/c1-3-33-25-7-5-4-6-20(25)18-8-10-19(11-9-18)26-23(15-28)22(14-17(2)27(29)32)21-12-13-30-16-24(21)31-26/h4-13,16-17H,3,14H2,1-2H3,(H2,29,32)/t17-/m0/s1. The molecule has 0 aliphatic carbocycles. The molecule has 0 fully saturated rings. The lowest BCUT2D eigenvalue weighted by molar-refractivity contribution is -0.121. The van der Waals surface area contributed by atoms with Gasteiger partial charge in [-0.3, -0.25) is 9.78 Å². The Morgan fingerprint density at radius 3 is 2.55 bits per heavy atom. The molecule has 4 rings (SSSR count). The van der Waals surface area contributed by atoms with Gasteiger partial charge in [0, 0.05) is 28.6 Å². The van der Waals surface area contributed by atoms with Crippen molar-refractivity contribution >= 4 is 16.8 Å². The summed E-state index contributed by atoms with van der Waals surface area (Å²) in [5.41, 5.74) is 10.8. The van der Waals surface area contributed by atoms with Crippen LogP contribution in [0.4, 0.5) is 0 Å². The van der Waals surface area contributed by atoms with Gasteiger partial charge in [0.05, 0.1) is 29.6 Å². The second kappa shape index (κ2) is 9.49. The van der Waals surface area contributed by atoms with Crippen LogP contribution in [0.1, 0.15) is 25.0 Å². The van der Waals surface area contributed by atoms with E-state index in [1.807, 2.05) is 61.5 Å². The van der Waals surface area contributed by atoms with E-state index in [1.165, 1.54) is 0 Å². The highest BCUT2D eigenvalue weighted by atomic mass is 16.5. The maximum atomic E-state index is 11.7. The molecule has 4 aromatic rings. The fourth-order valence-electron chi connectivity index (χ4n) is 3.93. The number of hydrogen-bond acceptors (Lipinski definition) is 5. The number of ether oxygens (including phenoxy) is 1. The number of para-hydroxylation sites is 1. The van der Waals surface area contributed by atoms with Crippen LogP contribution in [0.5, 0.6) is 5.75 Å². The molecular weight excluding hydrogens is 412 g/mol. The molecule has 33 heavy (non-hydrogen) atoms. The monoisotopic (exact) mass is 436 g/mol. The fourth-order valence-corrected chi connectivity index (χ4v) is 3.93. The third kappa shape index (κ3) is 4.39. The molecular formula is C27H24N4O2. The van der Waals surface area contributed by atoms with E-state index in [4.69, 9.17) is 15.5 Å². The van der Waals surface area contributed by atoms with Crippen LogP contribution in [0.3, 0.4) is 0 Å². The van der Waals surface area contributed by atoms with E-state index in [2.05, 4.69) is 11.1 Å². The van der Waals surface area contributed by atoms with Crippen molar-refractivity contribution < 1.29 is 9.53 Å². The number of carbonyl (C=O) groups is 1. The van der Waals surface area contributed by atoms with Gasteiger partial charge in [0.15, 0.2) is 0 Å². The molecule has 0 saturated carbocycles. The smallest absolute Gasteiger partial charge is 0.220 e. The normalized spacial score (nSPS) is 11.7. The minimum Gasteiger partial charge on any atom is -0.493 e. The predicted octanol–water partition coefficient (Wildman–Crippen LogP) is 4.90. The number of aromatic nitrogens is 2. The number of primary amides is 1. The van der Waals surface area contributed by atoms with Crippen molar-refractivity contribution in [1.29, 1.82) is 5.26 Å². The molecule has 2 aromatic heterocycles. The summed E-state index contributed by atoms with van der Waals surface area (Å²) in [6, 6.07) is 19.9. The second-order valence-corrected chi connectivity index (χ2v) is 7.83. The van der Waals surface area contributed by atoms with E-state index < -0.39 is 11.8 Å². The highest BCUT2D eigenvalue weighted by molar-refractivity contribution is 5.89. The summed E-state index contributed by atoms with van der Waals surface area (Å²) in [5, 5.41) is 10.9. The first-order valence-electron chi connectivity index (χ1n) is 10.8. The molecule has 0 unspecified atom stereocenters. The molecule has 0 aliphatic heterocycles. The van der Waals surface area contributed by atoms with E-state index in [-0.39, 0.29) is 0 Å². The molecule has 0 radical (unpaired) electrons.